The average molecular weight is 705 g/mol. The van der Waals surface area contributed by atoms with Gasteiger partial charge in [-0.05, 0) is 57.0 Å². The van der Waals surface area contributed by atoms with Crippen LogP contribution < -0.4 is 14.8 Å². The maximum absolute atomic E-state index is 14.6. The van der Waals surface area contributed by atoms with Gasteiger partial charge in [-0.15, -0.1) is 0 Å². The van der Waals surface area contributed by atoms with E-state index in [1.807, 2.05) is 7.05 Å². The SMILES string of the molecule is CN1C(=O)[C@@H]2CCCN2C[C@H]1CO.COc1cc2c(Nc3ccc(Cl)c(Cl)c3F)ncnc2cc1OC[C@@H]1CN2CCC[C@H]2C(=O)N1C. The first-order chi connectivity index (χ1) is 23.1. The van der Waals surface area contributed by atoms with Crippen molar-refractivity contribution in [2.45, 2.75) is 49.9 Å². The van der Waals surface area contributed by atoms with E-state index < -0.39 is 5.82 Å². The van der Waals surface area contributed by atoms with Gasteiger partial charge in [0, 0.05) is 38.6 Å². The van der Waals surface area contributed by atoms with Crippen LogP contribution in [-0.4, -0.2) is 131 Å². The third-order valence-corrected chi connectivity index (χ3v) is 10.6. The third-order valence-electron chi connectivity index (χ3n) is 9.83. The van der Waals surface area contributed by atoms with Crippen molar-refractivity contribution in [1.29, 1.82) is 0 Å². The number of halogens is 3. The van der Waals surface area contributed by atoms with E-state index in [4.69, 9.17) is 37.8 Å². The van der Waals surface area contributed by atoms with Crippen LogP contribution in [0.3, 0.4) is 0 Å². The summed E-state index contributed by atoms with van der Waals surface area (Å²) < 4.78 is 26.3. The number of aromatic nitrogens is 2. The second-order valence-electron chi connectivity index (χ2n) is 12.6. The number of nitrogens with zero attached hydrogens (tertiary/aromatic N) is 6. The molecule has 48 heavy (non-hydrogen) atoms. The number of carbonyl (C=O) groups is 2. The molecule has 0 bridgehead atoms. The zero-order valence-corrected chi connectivity index (χ0v) is 28.7. The molecular weight excluding hydrogens is 664 g/mol. The highest BCUT2D eigenvalue weighted by Gasteiger charge is 2.42. The summed E-state index contributed by atoms with van der Waals surface area (Å²) in [7, 11) is 5.16. The Kier molecular flexibility index (Phi) is 10.4. The molecule has 15 heteroatoms. The first-order valence-electron chi connectivity index (χ1n) is 16.1. The summed E-state index contributed by atoms with van der Waals surface area (Å²) in [5.41, 5.74) is 0.704. The van der Waals surface area contributed by atoms with Crippen molar-refractivity contribution in [2.75, 3.05) is 65.9 Å². The number of likely N-dealkylation sites (N-methyl/N-ethyl adjacent to an activating group) is 2. The van der Waals surface area contributed by atoms with E-state index >= 15 is 0 Å². The fourth-order valence-corrected chi connectivity index (χ4v) is 7.29. The molecule has 0 unspecified atom stereocenters. The Morgan fingerprint density at radius 3 is 2.25 bits per heavy atom. The summed E-state index contributed by atoms with van der Waals surface area (Å²) >= 11 is 11.8. The predicted octanol–water partition coefficient (Wildman–Crippen LogP) is 3.80. The van der Waals surface area contributed by atoms with Crippen molar-refractivity contribution in [1.82, 2.24) is 29.6 Å². The number of ether oxygens (including phenoxy) is 2. The fourth-order valence-electron chi connectivity index (χ4n) is 6.98. The number of piperazine rings is 2. The highest BCUT2D eigenvalue weighted by molar-refractivity contribution is 6.42. The van der Waals surface area contributed by atoms with Crippen LogP contribution in [-0.2, 0) is 9.59 Å². The van der Waals surface area contributed by atoms with E-state index in [1.165, 1.54) is 25.6 Å². The van der Waals surface area contributed by atoms with Crippen LogP contribution in [0.5, 0.6) is 11.5 Å². The molecule has 4 saturated heterocycles. The van der Waals surface area contributed by atoms with Gasteiger partial charge < -0.3 is 29.7 Å². The smallest absolute Gasteiger partial charge is 0.240 e. The van der Waals surface area contributed by atoms with Crippen LogP contribution in [0.25, 0.3) is 10.9 Å². The normalized spacial score (nSPS) is 24.3. The minimum absolute atomic E-state index is 0.00171. The van der Waals surface area contributed by atoms with E-state index in [-0.39, 0.29) is 58.3 Å². The molecule has 2 aromatic carbocycles. The first-order valence-corrected chi connectivity index (χ1v) is 16.8. The van der Waals surface area contributed by atoms with E-state index in [2.05, 4.69) is 25.1 Å². The molecule has 4 fully saturated rings. The maximum atomic E-state index is 14.6. The minimum atomic E-state index is -0.677. The Balaban J connectivity index is 0.000000257. The van der Waals surface area contributed by atoms with E-state index in [1.54, 1.807) is 29.0 Å². The largest absolute Gasteiger partial charge is 0.493 e. The molecule has 7 rings (SSSR count). The van der Waals surface area contributed by atoms with Crippen molar-refractivity contribution in [3.8, 4) is 11.5 Å². The second kappa shape index (κ2) is 14.6. The van der Waals surface area contributed by atoms with E-state index in [0.717, 1.165) is 51.9 Å². The number of fused-ring (bicyclic) bond motifs is 3. The van der Waals surface area contributed by atoms with Crippen molar-refractivity contribution < 1.29 is 28.6 Å². The molecule has 3 aromatic rings. The number of nitrogens with one attached hydrogen (secondary N) is 1. The van der Waals surface area contributed by atoms with Crippen molar-refractivity contribution in [3.05, 3.63) is 46.5 Å². The zero-order valence-electron chi connectivity index (χ0n) is 27.2. The Bertz CT molecular complexity index is 1690. The zero-order chi connectivity index (χ0) is 34.1. The molecular formula is C33H40Cl2FN7O5. The average Bonchev–Trinajstić information content (AvgIpc) is 3.78. The van der Waals surface area contributed by atoms with Crippen molar-refractivity contribution in [2.24, 2.45) is 0 Å². The van der Waals surface area contributed by atoms with Gasteiger partial charge in [-0.25, -0.2) is 14.4 Å². The number of methoxy groups -OCH3 is 1. The van der Waals surface area contributed by atoms with Gasteiger partial charge in [0.1, 0.15) is 18.8 Å². The van der Waals surface area contributed by atoms with Gasteiger partial charge in [-0.2, -0.15) is 0 Å². The fraction of sp³-hybridized carbons (Fsp3) is 0.515. The topological polar surface area (TPSA) is 124 Å². The van der Waals surface area contributed by atoms with Gasteiger partial charge in [-0.1, -0.05) is 23.2 Å². The summed E-state index contributed by atoms with van der Waals surface area (Å²) in [4.78, 5) is 41.0. The molecule has 2 amide bonds. The molecule has 4 aliphatic heterocycles. The quantitative estimate of drug-likeness (QED) is 0.352. The van der Waals surface area contributed by atoms with Crippen LogP contribution >= 0.6 is 23.2 Å². The first kappa shape index (κ1) is 34.4. The van der Waals surface area contributed by atoms with Crippen LogP contribution in [0.15, 0.2) is 30.6 Å². The molecule has 4 atom stereocenters. The Morgan fingerprint density at radius 2 is 1.60 bits per heavy atom. The second-order valence-corrected chi connectivity index (χ2v) is 13.4. The summed E-state index contributed by atoms with van der Waals surface area (Å²) in [6, 6.07) is 6.49. The molecule has 0 saturated carbocycles. The standard InChI is InChI=1S/C24H24Cl2FN5O3.C9H16N2O2/c1-31-13(10-32-7-3-4-18(32)24(31)33)11-35-20-9-17-14(8-19(20)34-2)23(29-12-28-17)30-16-6-5-15(25)21(26)22(16)27;1-10-7(6-12)5-11-4-2-3-8(11)9(10)13/h5-6,8-9,12-13,18H,3-4,7,10-11H2,1-2H3,(H,28,29,30);7-8,12H,2-6H2,1H3/t13-,18-;7-,8-/m00/s1. The number of aliphatic hydroxyl groups excluding tert-OH is 1. The highest BCUT2D eigenvalue weighted by Crippen LogP contribution is 2.37. The Morgan fingerprint density at radius 1 is 0.958 bits per heavy atom. The highest BCUT2D eigenvalue weighted by atomic mass is 35.5. The van der Waals surface area contributed by atoms with Gasteiger partial charge in [0.15, 0.2) is 17.3 Å². The number of hydrogen-bond acceptors (Lipinski definition) is 10. The van der Waals surface area contributed by atoms with Crippen LogP contribution in [0, 0.1) is 5.82 Å². The van der Waals surface area contributed by atoms with Crippen LogP contribution in [0.2, 0.25) is 10.0 Å². The van der Waals surface area contributed by atoms with Crippen LogP contribution in [0.1, 0.15) is 25.7 Å². The van der Waals surface area contributed by atoms with Crippen molar-refractivity contribution in [3.63, 3.8) is 0 Å². The van der Waals surface area contributed by atoms with E-state index in [0.29, 0.717) is 34.8 Å². The number of hydrogen-bond donors (Lipinski definition) is 2. The summed E-state index contributed by atoms with van der Waals surface area (Å²) in [6.45, 7) is 3.95. The molecule has 2 N–H and O–H groups in total. The lowest BCUT2D eigenvalue weighted by Gasteiger charge is -2.40. The summed E-state index contributed by atoms with van der Waals surface area (Å²) in [5.74, 6) is 0.983. The Hall–Kier alpha value is -3.49. The molecule has 258 valence electrons. The monoisotopic (exact) mass is 703 g/mol. The van der Waals surface area contributed by atoms with Gasteiger partial charge in [0.2, 0.25) is 11.8 Å². The van der Waals surface area contributed by atoms with Gasteiger partial charge in [0.05, 0.1) is 59.1 Å². The molecule has 12 nitrogen and oxygen atoms in total. The van der Waals surface area contributed by atoms with Crippen molar-refractivity contribution >= 4 is 57.4 Å². The number of benzene rings is 2. The Labute approximate surface area is 288 Å². The summed E-state index contributed by atoms with van der Waals surface area (Å²) in [5, 5.41) is 12.6. The molecule has 5 heterocycles. The number of anilines is 2. The van der Waals surface area contributed by atoms with Gasteiger partial charge in [-0.3, -0.25) is 19.4 Å². The number of aliphatic hydroxyl groups is 1. The lowest BCUT2D eigenvalue weighted by molar-refractivity contribution is -0.144. The molecule has 0 aliphatic carbocycles. The van der Waals surface area contributed by atoms with Gasteiger partial charge >= 0.3 is 0 Å². The maximum Gasteiger partial charge on any atom is 0.240 e. The van der Waals surface area contributed by atoms with Gasteiger partial charge in [0.25, 0.3) is 0 Å². The molecule has 0 radical (unpaired) electrons. The lowest BCUT2D eigenvalue weighted by Crippen LogP contribution is -2.59. The third kappa shape index (κ3) is 6.71. The molecule has 1 aromatic heterocycles. The molecule has 4 aliphatic rings. The van der Waals surface area contributed by atoms with Crippen LogP contribution in [0.4, 0.5) is 15.9 Å². The minimum Gasteiger partial charge on any atom is -0.493 e. The van der Waals surface area contributed by atoms with E-state index in [9.17, 15) is 14.0 Å². The molecule has 0 spiro atoms. The predicted molar refractivity (Wildman–Crippen MR) is 181 cm³/mol. The summed E-state index contributed by atoms with van der Waals surface area (Å²) in [6.07, 6.45) is 5.43. The lowest BCUT2D eigenvalue weighted by atomic mass is 10.1. The number of rotatable bonds is 7. The number of carbonyl (C=O) groups excluding carboxylic acids is 2. The number of amides is 2.